The molecule has 2 saturated carbocycles. The molecule has 0 spiro atoms. The van der Waals surface area contributed by atoms with Crippen molar-refractivity contribution in [1.29, 1.82) is 0 Å². The number of nitrogens with zero attached hydrogens (tertiary/aromatic N) is 1. The lowest BCUT2D eigenvalue weighted by molar-refractivity contribution is 0.0623. The molecule has 1 amide bonds. The Kier molecular flexibility index (Phi) is 3.50. The van der Waals surface area contributed by atoms with Crippen LogP contribution in [0, 0.1) is 11.8 Å². The summed E-state index contributed by atoms with van der Waals surface area (Å²) in [7, 11) is 0. The van der Waals surface area contributed by atoms with Crippen LogP contribution in [-0.4, -0.2) is 17.8 Å². The molecular formula is C15H16N2O3. The highest BCUT2D eigenvalue weighted by Crippen LogP contribution is 2.42. The maximum Gasteiger partial charge on any atom is 0.435 e. The summed E-state index contributed by atoms with van der Waals surface area (Å²) in [5.41, 5.74) is 3.69. The highest BCUT2D eigenvalue weighted by Gasteiger charge is 2.36. The van der Waals surface area contributed by atoms with E-state index in [0.717, 1.165) is 24.5 Å². The maximum absolute atomic E-state index is 11.6. The fourth-order valence-electron chi connectivity index (χ4n) is 3.02. The molecule has 5 nitrogen and oxygen atoms in total. The Hall–Kier alpha value is -2.17. The molecule has 2 atom stereocenters. The molecule has 2 fully saturated rings. The average Bonchev–Trinajstić information content (AvgIpc) is 3.08. The molecule has 20 heavy (non-hydrogen) atoms. The first kappa shape index (κ1) is 12.8. The van der Waals surface area contributed by atoms with Gasteiger partial charge in [-0.25, -0.2) is 15.0 Å². The van der Waals surface area contributed by atoms with Crippen LogP contribution in [0.4, 0.5) is 4.79 Å². The number of esters is 1. The number of carbonyl (C=O) groups excluding carboxylic acids is 2. The quantitative estimate of drug-likeness (QED) is 0.511. The predicted octanol–water partition coefficient (Wildman–Crippen LogP) is 2.73. The van der Waals surface area contributed by atoms with Crippen LogP contribution in [0.15, 0.2) is 35.4 Å². The van der Waals surface area contributed by atoms with Gasteiger partial charge in [0.2, 0.25) is 0 Å². The molecule has 0 aliphatic heterocycles. The number of fused-ring (bicyclic) bond motifs is 2. The van der Waals surface area contributed by atoms with Crippen molar-refractivity contribution in [2.24, 2.45) is 16.9 Å². The topological polar surface area (TPSA) is 67.8 Å². The van der Waals surface area contributed by atoms with Gasteiger partial charge < -0.3 is 4.74 Å². The van der Waals surface area contributed by atoms with Crippen molar-refractivity contribution >= 4 is 17.8 Å². The van der Waals surface area contributed by atoms with Crippen molar-refractivity contribution < 1.29 is 14.3 Å². The van der Waals surface area contributed by atoms with Crippen molar-refractivity contribution in [3.8, 4) is 0 Å². The lowest BCUT2D eigenvalue weighted by Gasteiger charge is -2.11. The molecule has 1 aromatic carbocycles. The number of hydrogen-bond acceptors (Lipinski definition) is 4. The van der Waals surface area contributed by atoms with Gasteiger partial charge in [0.05, 0.1) is 5.56 Å². The molecule has 2 bridgehead atoms. The van der Waals surface area contributed by atoms with Crippen LogP contribution >= 0.6 is 0 Å². The fourth-order valence-corrected chi connectivity index (χ4v) is 3.02. The summed E-state index contributed by atoms with van der Waals surface area (Å²) in [6, 6.07) is 8.40. The van der Waals surface area contributed by atoms with Gasteiger partial charge in [0.15, 0.2) is 0 Å². The third-order valence-electron chi connectivity index (χ3n) is 4.00. The van der Waals surface area contributed by atoms with E-state index in [2.05, 4.69) is 15.3 Å². The third kappa shape index (κ3) is 2.71. The third-order valence-corrected chi connectivity index (χ3v) is 4.00. The molecule has 0 saturated heterocycles. The standard InChI is InChI=1S/C15H16N2O3/c18-14(11-4-2-1-3-5-11)20-15(19)17-16-13-9-10-6-7-12(13)8-10/h1-5,10,12H,6-9H2,(H,17,19). The van der Waals surface area contributed by atoms with E-state index in [1.165, 1.54) is 12.8 Å². The number of hydrazone groups is 1. The zero-order chi connectivity index (χ0) is 13.9. The highest BCUT2D eigenvalue weighted by molar-refractivity contribution is 5.97. The summed E-state index contributed by atoms with van der Waals surface area (Å²) < 4.78 is 4.68. The van der Waals surface area contributed by atoms with Crippen molar-refractivity contribution in [2.45, 2.75) is 25.7 Å². The van der Waals surface area contributed by atoms with E-state index in [4.69, 9.17) is 0 Å². The molecule has 0 heterocycles. The fraction of sp³-hybridized carbons (Fsp3) is 0.400. The van der Waals surface area contributed by atoms with Crippen LogP contribution in [0.25, 0.3) is 0 Å². The van der Waals surface area contributed by atoms with Gasteiger partial charge in [-0.05, 0) is 49.7 Å². The SMILES string of the molecule is O=C(NN=C1CC2CCC1C2)OC(=O)c1ccccc1. The number of benzene rings is 1. The van der Waals surface area contributed by atoms with E-state index in [-0.39, 0.29) is 0 Å². The van der Waals surface area contributed by atoms with Crippen LogP contribution in [0.5, 0.6) is 0 Å². The summed E-state index contributed by atoms with van der Waals surface area (Å²) in [6.45, 7) is 0. The van der Waals surface area contributed by atoms with Crippen molar-refractivity contribution in [1.82, 2.24) is 5.43 Å². The summed E-state index contributed by atoms with van der Waals surface area (Å²) in [6.07, 6.45) is 3.73. The Morgan fingerprint density at radius 1 is 1.20 bits per heavy atom. The van der Waals surface area contributed by atoms with E-state index in [9.17, 15) is 9.59 Å². The van der Waals surface area contributed by atoms with Gasteiger partial charge in [-0.2, -0.15) is 5.10 Å². The van der Waals surface area contributed by atoms with Crippen LogP contribution in [0.1, 0.15) is 36.0 Å². The van der Waals surface area contributed by atoms with Gasteiger partial charge in [0.1, 0.15) is 0 Å². The minimum absolute atomic E-state index is 0.343. The van der Waals surface area contributed by atoms with Gasteiger partial charge in [-0.3, -0.25) is 0 Å². The zero-order valence-corrected chi connectivity index (χ0v) is 11.0. The molecule has 0 radical (unpaired) electrons. The second-order valence-corrected chi connectivity index (χ2v) is 5.34. The van der Waals surface area contributed by atoms with Gasteiger partial charge in [0, 0.05) is 5.71 Å². The lowest BCUT2D eigenvalue weighted by Crippen LogP contribution is -2.25. The average molecular weight is 272 g/mol. The normalized spacial score (nSPS) is 25.7. The van der Waals surface area contributed by atoms with E-state index < -0.39 is 12.1 Å². The lowest BCUT2D eigenvalue weighted by atomic mass is 9.99. The Labute approximate surface area is 117 Å². The Balaban J connectivity index is 1.53. The van der Waals surface area contributed by atoms with E-state index in [1.54, 1.807) is 30.3 Å². The summed E-state index contributed by atoms with van der Waals surface area (Å²) in [5.74, 6) is 0.559. The molecule has 2 unspecified atom stereocenters. The van der Waals surface area contributed by atoms with Crippen molar-refractivity contribution in [3.63, 3.8) is 0 Å². The van der Waals surface area contributed by atoms with Gasteiger partial charge >= 0.3 is 12.1 Å². The summed E-state index contributed by atoms with van der Waals surface area (Å²) in [4.78, 5) is 23.2. The van der Waals surface area contributed by atoms with Crippen molar-refractivity contribution in [2.75, 3.05) is 0 Å². The molecular weight excluding hydrogens is 256 g/mol. The second kappa shape index (κ2) is 5.45. The van der Waals surface area contributed by atoms with Crippen LogP contribution in [0.3, 0.4) is 0 Å². The number of ether oxygens (including phenoxy) is 1. The molecule has 5 heteroatoms. The molecule has 2 aliphatic carbocycles. The molecule has 1 N–H and O–H groups in total. The zero-order valence-electron chi connectivity index (χ0n) is 11.0. The summed E-state index contributed by atoms with van der Waals surface area (Å²) in [5, 5.41) is 4.09. The molecule has 2 aliphatic rings. The van der Waals surface area contributed by atoms with Crippen molar-refractivity contribution in [3.05, 3.63) is 35.9 Å². The highest BCUT2D eigenvalue weighted by atomic mass is 16.6. The predicted molar refractivity (Wildman–Crippen MR) is 73.3 cm³/mol. The molecule has 0 aromatic heterocycles. The smallest absolute Gasteiger partial charge is 0.371 e. The second-order valence-electron chi connectivity index (χ2n) is 5.34. The Morgan fingerprint density at radius 2 is 2.00 bits per heavy atom. The van der Waals surface area contributed by atoms with E-state index in [0.29, 0.717) is 11.5 Å². The Bertz CT molecular complexity index is 553. The van der Waals surface area contributed by atoms with E-state index in [1.807, 2.05) is 0 Å². The summed E-state index contributed by atoms with van der Waals surface area (Å²) >= 11 is 0. The van der Waals surface area contributed by atoms with E-state index >= 15 is 0 Å². The number of hydrogen-bond donors (Lipinski definition) is 1. The largest absolute Gasteiger partial charge is 0.435 e. The van der Waals surface area contributed by atoms with Crippen LogP contribution in [-0.2, 0) is 4.74 Å². The minimum atomic E-state index is -0.825. The monoisotopic (exact) mass is 272 g/mol. The minimum Gasteiger partial charge on any atom is -0.371 e. The molecule has 1 aromatic rings. The maximum atomic E-state index is 11.6. The molecule has 3 rings (SSSR count). The van der Waals surface area contributed by atoms with Gasteiger partial charge in [0.25, 0.3) is 0 Å². The number of carbonyl (C=O) groups is 2. The first-order valence-corrected chi connectivity index (χ1v) is 6.86. The molecule has 104 valence electrons. The van der Waals surface area contributed by atoms with Crippen LogP contribution < -0.4 is 5.43 Å². The Morgan fingerprint density at radius 3 is 2.65 bits per heavy atom. The number of nitrogens with one attached hydrogen (secondary N) is 1. The van der Waals surface area contributed by atoms with Gasteiger partial charge in [-0.1, -0.05) is 18.2 Å². The van der Waals surface area contributed by atoms with Crippen LogP contribution in [0.2, 0.25) is 0 Å². The van der Waals surface area contributed by atoms with Gasteiger partial charge in [-0.15, -0.1) is 0 Å². The first-order valence-electron chi connectivity index (χ1n) is 6.86. The number of amides is 1. The first-order chi connectivity index (χ1) is 9.72. The number of rotatable bonds is 2.